The lowest BCUT2D eigenvalue weighted by molar-refractivity contribution is -0.147. The average Bonchev–Trinajstić information content (AvgIpc) is 3.22. The summed E-state index contributed by atoms with van der Waals surface area (Å²) in [6.07, 6.45) is -0.611. The smallest absolute Gasteiger partial charge is 0.347 e. The SMILES string of the molecule is CC1CC(OC(=O)c2ccc(CSc3nc4ccccc4s3)cc2)C(=O)O1. The number of rotatable bonds is 5. The van der Waals surface area contributed by atoms with Gasteiger partial charge in [-0.1, -0.05) is 36.0 Å². The van der Waals surface area contributed by atoms with Crippen molar-refractivity contribution >= 4 is 45.3 Å². The molecule has 0 amide bonds. The molecular weight excluding hydrogens is 382 g/mol. The number of aromatic nitrogens is 1. The van der Waals surface area contributed by atoms with Crippen molar-refractivity contribution in [1.82, 2.24) is 4.98 Å². The van der Waals surface area contributed by atoms with E-state index in [1.54, 1.807) is 42.2 Å². The summed E-state index contributed by atoms with van der Waals surface area (Å²) in [6, 6.07) is 15.3. The Morgan fingerprint density at radius 3 is 2.74 bits per heavy atom. The summed E-state index contributed by atoms with van der Waals surface area (Å²) in [7, 11) is 0. The molecule has 0 radical (unpaired) electrons. The quantitative estimate of drug-likeness (QED) is 0.466. The minimum Gasteiger partial charge on any atom is -0.460 e. The van der Waals surface area contributed by atoms with Gasteiger partial charge in [-0.15, -0.1) is 11.3 Å². The third-order valence-corrected chi connectivity index (χ3v) is 6.45. The standard InChI is InChI=1S/C20H17NO4S2/c1-12-10-16(19(23)24-12)25-18(22)14-8-6-13(7-9-14)11-26-20-21-15-4-2-3-5-17(15)27-20/h2-9,12,16H,10-11H2,1H3. The molecule has 1 aromatic heterocycles. The molecule has 1 fully saturated rings. The summed E-state index contributed by atoms with van der Waals surface area (Å²) in [4.78, 5) is 28.4. The van der Waals surface area contributed by atoms with Gasteiger partial charge in [-0.2, -0.15) is 0 Å². The topological polar surface area (TPSA) is 65.5 Å². The van der Waals surface area contributed by atoms with E-state index in [1.165, 1.54) is 4.70 Å². The zero-order valence-electron chi connectivity index (χ0n) is 14.6. The van der Waals surface area contributed by atoms with Crippen molar-refractivity contribution in [3.63, 3.8) is 0 Å². The summed E-state index contributed by atoms with van der Waals surface area (Å²) in [5.41, 5.74) is 2.53. The Morgan fingerprint density at radius 1 is 1.26 bits per heavy atom. The van der Waals surface area contributed by atoms with E-state index in [4.69, 9.17) is 9.47 Å². The van der Waals surface area contributed by atoms with Crippen LogP contribution in [0.1, 0.15) is 29.3 Å². The molecule has 7 heteroatoms. The first kappa shape index (κ1) is 18.0. The molecule has 1 aliphatic rings. The van der Waals surface area contributed by atoms with Gasteiger partial charge in [0.25, 0.3) is 0 Å². The van der Waals surface area contributed by atoms with Gasteiger partial charge in [0.2, 0.25) is 6.10 Å². The molecule has 2 aromatic carbocycles. The number of ether oxygens (including phenoxy) is 2. The van der Waals surface area contributed by atoms with Crippen LogP contribution in [0.3, 0.4) is 0 Å². The van der Waals surface area contributed by atoms with Crippen molar-refractivity contribution in [2.75, 3.05) is 0 Å². The van der Waals surface area contributed by atoms with Crippen LogP contribution in [-0.4, -0.2) is 29.1 Å². The van der Waals surface area contributed by atoms with Gasteiger partial charge < -0.3 is 9.47 Å². The number of nitrogens with zero attached hydrogens (tertiary/aromatic N) is 1. The summed E-state index contributed by atoms with van der Waals surface area (Å²) in [6.45, 7) is 1.78. The zero-order chi connectivity index (χ0) is 18.8. The Kier molecular flexibility index (Phi) is 5.13. The monoisotopic (exact) mass is 399 g/mol. The third-order valence-electron chi connectivity index (χ3n) is 4.20. The Labute approximate surface area is 164 Å². The molecule has 2 heterocycles. The van der Waals surface area contributed by atoms with Crippen LogP contribution in [0.2, 0.25) is 0 Å². The number of fused-ring (bicyclic) bond motifs is 1. The molecule has 1 saturated heterocycles. The highest BCUT2D eigenvalue weighted by atomic mass is 32.2. The highest BCUT2D eigenvalue weighted by Gasteiger charge is 2.35. The normalized spacial score (nSPS) is 19.2. The maximum Gasteiger partial charge on any atom is 0.347 e. The second kappa shape index (κ2) is 7.70. The molecule has 0 N–H and O–H groups in total. The summed E-state index contributed by atoms with van der Waals surface area (Å²) >= 11 is 3.35. The van der Waals surface area contributed by atoms with Crippen molar-refractivity contribution in [1.29, 1.82) is 0 Å². The van der Waals surface area contributed by atoms with E-state index in [-0.39, 0.29) is 6.10 Å². The Morgan fingerprint density at radius 2 is 2.04 bits per heavy atom. The second-order valence-corrected chi connectivity index (χ2v) is 8.56. The van der Waals surface area contributed by atoms with Gasteiger partial charge in [0.1, 0.15) is 6.10 Å². The Hall–Kier alpha value is -2.38. The average molecular weight is 399 g/mol. The number of thioether (sulfide) groups is 1. The van der Waals surface area contributed by atoms with Gasteiger partial charge in [0, 0.05) is 12.2 Å². The van der Waals surface area contributed by atoms with Crippen molar-refractivity contribution in [3.8, 4) is 0 Å². The first-order chi connectivity index (χ1) is 13.1. The molecule has 2 atom stereocenters. The molecular formula is C20H17NO4S2. The molecule has 0 aliphatic carbocycles. The lowest BCUT2D eigenvalue weighted by Crippen LogP contribution is -2.22. The highest BCUT2D eigenvalue weighted by molar-refractivity contribution is 8.00. The van der Waals surface area contributed by atoms with Crippen LogP contribution < -0.4 is 0 Å². The van der Waals surface area contributed by atoms with Gasteiger partial charge in [-0.05, 0) is 36.8 Å². The van der Waals surface area contributed by atoms with Crippen LogP contribution in [0.15, 0.2) is 52.9 Å². The molecule has 4 rings (SSSR count). The predicted molar refractivity (Wildman–Crippen MR) is 105 cm³/mol. The Bertz CT molecular complexity index is 950. The van der Waals surface area contributed by atoms with E-state index < -0.39 is 18.0 Å². The van der Waals surface area contributed by atoms with Crippen molar-refractivity contribution in [2.45, 2.75) is 35.6 Å². The number of thiazole rings is 1. The molecule has 5 nitrogen and oxygen atoms in total. The summed E-state index contributed by atoms with van der Waals surface area (Å²) < 4.78 is 12.5. The summed E-state index contributed by atoms with van der Waals surface area (Å²) in [5.74, 6) is -0.210. The third kappa shape index (κ3) is 4.14. The van der Waals surface area contributed by atoms with Crippen molar-refractivity contribution in [3.05, 3.63) is 59.7 Å². The molecule has 0 spiro atoms. The van der Waals surface area contributed by atoms with Crippen LogP contribution in [0, 0.1) is 0 Å². The largest absolute Gasteiger partial charge is 0.460 e. The van der Waals surface area contributed by atoms with E-state index in [0.29, 0.717) is 12.0 Å². The predicted octanol–water partition coefficient (Wildman–Crippen LogP) is 4.45. The number of carbonyl (C=O) groups is 2. The van der Waals surface area contributed by atoms with Gasteiger partial charge >= 0.3 is 11.9 Å². The van der Waals surface area contributed by atoms with Gasteiger partial charge in [0.05, 0.1) is 15.8 Å². The molecule has 138 valence electrons. The highest BCUT2D eigenvalue weighted by Crippen LogP contribution is 2.31. The van der Waals surface area contributed by atoms with Gasteiger partial charge in [0.15, 0.2) is 4.34 Å². The van der Waals surface area contributed by atoms with E-state index in [9.17, 15) is 9.59 Å². The fourth-order valence-electron chi connectivity index (χ4n) is 2.81. The fourth-order valence-corrected chi connectivity index (χ4v) is 4.83. The Balaban J connectivity index is 1.35. The number of benzene rings is 2. The summed E-state index contributed by atoms with van der Waals surface area (Å²) in [5, 5.41) is 0. The van der Waals surface area contributed by atoms with E-state index in [1.807, 2.05) is 30.3 Å². The maximum absolute atomic E-state index is 12.2. The molecule has 3 aromatic rings. The van der Waals surface area contributed by atoms with E-state index in [2.05, 4.69) is 11.1 Å². The molecule has 1 aliphatic heterocycles. The fraction of sp³-hybridized carbons (Fsp3) is 0.250. The number of cyclic esters (lactones) is 1. The van der Waals surface area contributed by atoms with Crippen LogP contribution in [0.25, 0.3) is 10.2 Å². The van der Waals surface area contributed by atoms with Crippen LogP contribution in [-0.2, 0) is 20.0 Å². The number of hydrogen-bond donors (Lipinski definition) is 0. The molecule has 27 heavy (non-hydrogen) atoms. The molecule has 2 unspecified atom stereocenters. The number of esters is 2. The first-order valence-electron chi connectivity index (χ1n) is 8.57. The number of carbonyl (C=O) groups excluding carboxylic acids is 2. The maximum atomic E-state index is 12.2. The molecule has 0 saturated carbocycles. The van der Waals surface area contributed by atoms with Gasteiger partial charge in [-0.3, -0.25) is 0 Å². The minimum atomic E-state index is -0.804. The van der Waals surface area contributed by atoms with Crippen LogP contribution in [0.4, 0.5) is 0 Å². The van der Waals surface area contributed by atoms with Crippen molar-refractivity contribution in [2.24, 2.45) is 0 Å². The van der Waals surface area contributed by atoms with Crippen LogP contribution >= 0.6 is 23.1 Å². The van der Waals surface area contributed by atoms with E-state index in [0.717, 1.165) is 21.2 Å². The second-order valence-electron chi connectivity index (χ2n) is 6.31. The van der Waals surface area contributed by atoms with Gasteiger partial charge in [-0.25, -0.2) is 14.6 Å². The number of para-hydroxylation sites is 1. The zero-order valence-corrected chi connectivity index (χ0v) is 16.2. The first-order valence-corrected chi connectivity index (χ1v) is 10.4. The number of hydrogen-bond acceptors (Lipinski definition) is 7. The molecule has 0 bridgehead atoms. The van der Waals surface area contributed by atoms with Crippen molar-refractivity contribution < 1.29 is 19.1 Å². The van der Waals surface area contributed by atoms with E-state index >= 15 is 0 Å². The van der Waals surface area contributed by atoms with Crippen LogP contribution in [0.5, 0.6) is 0 Å². The lowest BCUT2D eigenvalue weighted by atomic mass is 10.1. The lowest BCUT2D eigenvalue weighted by Gasteiger charge is -2.08. The minimum absolute atomic E-state index is 0.211.